The highest BCUT2D eigenvalue weighted by atomic mass is 127. The summed E-state index contributed by atoms with van der Waals surface area (Å²) in [5.74, 6) is 3.24. The third-order valence-electron chi connectivity index (χ3n) is 2.16. The Balaban J connectivity index is 0.00000289. The van der Waals surface area contributed by atoms with Crippen molar-refractivity contribution < 1.29 is 0 Å². The normalized spacial score (nSPS) is 10.4. The molecule has 18 heavy (non-hydrogen) atoms. The summed E-state index contributed by atoms with van der Waals surface area (Å²) in [6, 6.07) is 0. The van der Waals surface area contributed by atoms with Crippen molar-refractivity contribution in [2.45, 2.75) is 19.8 Å². The van der Waals surface area contributed by atoms with Crippen LogP contribution in [-0.4, -0.2) is 31.1 Å². The number of hydrogen-bond donors (Lipinski definition) is 2. The fourth-order valence-corrected chi connectivity index (χ4v) is 2.13. The smallest absolute Gasteiger partial charge is 0.191 e. The van der Waals surface area contributed by atoms with Gasteiger partial charge in [-0.25, -0.2) is 4.98 Å². The van der Waals surface area contributed by atoms with Gasteiger partial charge in [-0.15, -0.1) is 41.7 Å². The molecule has 4 nitrogen and oxygen atoms in total. The Morgan fingerprint density at radius 2 is 2.33 bits per heavy atom. The summed E-state index contributed by atoms with van der Waals surface area (Å²) >= 11 is 1.77. The third kappa shape index (κ3) is 6.21. The van der Waals surface area contributed by atoms with Crippen LogP contribution >= 0.6 is 35.3 Å². The van der Waals surface area contributed by atoms with Gasteiger partial charge in [-0.2, -0.15) is 0 Å². The number of thiazole rings is 1. The van der Waals surface area contributed by atoms with E-state index in [1.165, 1.54) is 4.88 Å². The van der Waals surface area contributed by atoms with E-state index in [0.29, 0.717) is 6.54 Å². The lowest BCUT2D eigenvalue weighted by molar-refractivity contribution is 0.820. The van der Waals surface area contributed by atoms with Crippen LogP contribution in [0, 0.1) is 12.3 Å². The topological polar surface area (TPSA) is 49.3 Å². The highest BCUT2D eigenvalue weighted by Gasteiger charge is 2.01. The first-order chi connectivity index (χ1) is 8.30. The SMILES string of the molecule is C#CCNC(=NC)NCCc1ncc(CC)s1.I. The van der Waals surface area contributed by atoms with Crippen LogP contribution in [0.4, 0.5) is 0 Å². The van der Waals surface area contributed by atoms with E-state index in [0.717, 1.165) is 30.4 Å². The zero-order valence-electron chi connectivity index (χ0n) is 10.7. The molecule has 1 heterocycles. The van der Waals surface area contributed by atoms with Crippen molar-refractivity contribution >= 4 is 41.3 Å². The number of rotatable bonds is 5. The molecule has 0 unspecified atom stereocenters. The molecule has 0 saturated heterocycles. The van der Waals surface area contributed by atoms with E-state index in [1.54, 1.807) is 18.4 Å². The molecule has 1 rings (SSSR count). The number of halogens is 1. The molecule has 0 atom stereocenters. The summed E-state index contributed by atoms with van der Waals surface area (Å²) in [5, 5.41) is 7.35. The summed E-state index contributed by atoms with van der Waals surface area (Å²) in [6.45, 7) is 3.43. The molecule has 0 saturated carbocycles. The fourth-order valence-electron chi connectivity index (χ4n) is 1.27. The third-order valence-corrected chi connectivity index (χ3v) is 3.36. The van der Waals surface area contributed by atoms with E-state index in [9.17, 15) is 0 Å². The number of aromatic nitrogens is 1. The van der Waals surface area contributed by atoms with Crippen LogP contribution in [0.1, 0.15) is 16.8 Å². The zero-order chi connectivity index (χ0) is 12.5. The van der Waals surface area contributed by atoms with Crippen LogP contribution < -0.4 is 10.6 Å². The number of hydrogen-bond acceptors (Lipinski definition) is 3. The van der Waals surface area contributed by atoms with E-state index >= 15 is 0 Å². The van der Waals surface area contributed by atoms with Crippen molar-refractivity contribution in [1.29, 1.82) is 0 Å². The summed E-state index contributed by atoms with van der Waals surface area (Å²) < 4.78 is 0. The highest BCUT2D eigenvalue weighted by molar-refractivity contribution is 14.0. The number of guanidine groups is 1. The molecule has 0 aliphatic carbocycles. The van der Waals surface area contributed by atoms with E-state index in [-0.39, 0.29) is 24.0 Å². The molecule has 0 radical (unpaired) electrons. The lowest BCUT2D eigenvalue weighted by Gasteiger charge is -2.08. The summed E-state index contributed by atoms with van der Waals surface area (Å²) in [7, 11) is 1.73. The first kappa shape index (κ1) is 17.2. The van der Waals surface area contributed by atoms with Crippen LogP contribution in [-0.2, 0) is 12.8 Å². The van der Waals surface area contributed by atoms with E-state index in [1.807, 2.05) is 6.20 Å². The molecule has 0 amide bonds. The van der Waals surface area contributed by atoms with Crippen LogP contribution in [0.25, 0.3) is 0 Å². The Hall–Kier alpha value is -0.810. The largest absolute Gasteiger partial charge is 0.356 e. The van der Waals surface area contributed by atoms with Crippen LogP contribution in [0.5, 0.6) is 0 Å². The zero-order valence-corrected chi connectivity index (χ0v) is 13.8. The second-order valence-corrected chi connectivity index (χ2v) is 4.58. The maximum atomic E-state index is 5.17. The minimum atomic E-state index is 0. The molecule has 0 aliphatic rings. The number of nitrogens with zero attached hydrogens (tertiary/aromatic N) is 2. The average molecular weight is 378 g/mol. The van der Waals surface area contributed by atoms with Crippen molar-refractivity contribution in [2.24, 2.45) is 4.99 Å². The van der Waals surface area contributed by atoms with Crippen molar-refractivity contribution in [2.75, 3.05) is 20.1 Å². The van der Waals surface area contributed by atoms with Gasteiger partial charge in [-0.1, -0.05) is 12.8 Å². The molecule has 0 bridgehead atoms. The van der Waals surface area contributed by atoms with Gasteiger partial charge in [0.05, 0.1) is 11.6 Å². The Kier molecular flexibility index (Phi) is 9.69. The lowest BCUT2D eigenvalue weighted by atomic mass is 10.4. The summed E-state index contributed by atoms with van der Waals surface area (Å²) in [6.07, 6.45) is 9.07. The first-order valence-corrected chi connectivity index (χ1v) is 6.43. The molecule has 2 N–H and O–H groups in total. The average Bonchev–Trinajstić information content (AvgIpc) is 2.81. The molecule has 6 heteroatoms. The lowest BCUT2D eigenvalue weighted by Crippen LogP contribution is -2.38. The number of terminal acetylenes is 1. The maximum Gasteiger partial charge on any atom is 0.191 e. The van der Waals surface area contributed by atoms with Crippen molar-refractivity contribution in [3.05, 3.63) is 16.1 Å². The molecule has 0 fully saturated rings. The molecular weight excluding hydrogens is 359 g/mol. The number of aliphatic imine (C=N–C) groups is 1. The molecule has 0 aromatic carbocycles. The van der Waals surface area contributed by atoms with E-state index in [4.69, 9.17) is 6.42 Å². The fraction of sp³-hybridized carbons (Fsp3) is 0.500. The highest BCUT2D eigenvalue weighted by Crippen LogP contribution is 2.13. The van der Waals surface area contributed by atoms with Crippen LogP contribution in [0.15, 0.2) is 11.2 Å². The summed E-state index contributed by atoms with van der Waals surface area (Å²) in [5.41, 5.74) is 0. The number of nitrogens with one attached hydrogen (secondary N) is 2. The van der Waals surface area contributed by atoms with Gasteiger partial charge in [0.1, 0.15) is 0 Å². The van der Waals surface area contributed by atoms with Crippen LogP contribution in [0.3, 0.4) is 0 Å². The van der Waals surface area contributed by atoms with Crippen LogP contribution in [0.2, 0.25) is 0 Å². The molecule has 0 spiro atoms. The maximum absolute atomic E-state index is 5.17. The van der Waals surface area contributed by atoms with Crippen molar-refractivity contribution in [1.82, 2.24) is 15.6 Å². The van der Waals surface area contributed by atoms with Gasteiger partial charge in [0.15, 0.2) is 5.96 Å². The standard InChI is InChI=1S/C12H18N4S.HI/c1-4-7-14-12(13-3)15-8-6-11-16-9-10(5-2)17-11;/h1,9H,5-8H2,2-3H3,(H2,13,14,15);1H. The van der Waals surface area contributed by atoms with Gasteiger partial charge in [0.2, 0.25) is 0 Å². The van der Waals surface area contributed by atoms with E-state index in [2.05, 4.69) is 33.5 Å². The molecule has 1 aromatic heterocycles. The van der Waals surface area contributed by atoms with Gasteiger partial charge >= 0.3 is 0 Å². The predicted molar refractivity (Wildman–Crippen MR) is 88.8 cm³/mol. The molecular formula is C12H19IN4S. The quantitative estimate of drug-likeness (QED) is 0.355. The summed E-state index contributed by atoms with van der Waals surface area (Å²) in [4.78, 5) is 9.75. The molecule has 0 aliphatic heterocycles. The van der Waals surface area contributed by atoms with Gasteiger partial charge < -0.3 is 10.6 Å². The minimum Gasteiger partial charge on any atom is -0.356 e. The van der Waals surface area contributed by atoms with Gasteiger partial charge in [0, 0.05) is 31.1 Å². The first-order valence-electron chi connectivity index (χ1n) is 5.61. The van der Waals surface area contributed by atoms with Gasteiger partial charge in [-0.05, 0) is 6.42 Å². The van der Waals surface area contributed by atoms with Crippen molar-refractivity contribution in [3.63, 3.8) is 0 Å². The van der Waals surface area contributed by atoms with Gasteiger partial charge in [0.25, 0.3) is 0 Å². The Labute approximate surface area is 130 Å². The predicted octanol–water partition coefficient (Wildman–Crippen LogP) is 1.66. The minimum absolute atomic E-state index is 0. The van der Waals surface area contributed by atoms with Crippen molar-refractivity contribution in [3.8, 4) is 12.3 Å². The molecule has 1 aromatic rings. The number of aryl methyl sites for hydroxylation is 1. The second kappa shape index (κ2) is 10.1. The molecule has 100 valence electrons. The van der Waals surface area contributed by atoms with Gasteiger partial charge in [-0.3, -0.25) is 4.99 Å². The Morgan fingerprint density at radius 1 is 1.56 bits per heavy atom. The Bertz CT molecular complexity index is 408. The Morgan fingerprint density at radius 3 is 2.89 bits per heavy atom. The van der Waals surface area contributed by atoms with E-state index < -0.39 is 0 Å². The second-order valence-electron chi connectivity index (χ2n) is 3.38. The monoisotopic (exact) mass is 378 g/mol.